The molecule has 1 unspecified atom stereocenters. The highest BCUT2D eigenvalue weighted by Gasteiger charge is 2.34. The van der Waals surface area contributed by atoms with E-state index >= 15 is 0 Å². The molecule has 1 aromatic heterocycles. The first kappa shape index (κ1) is 26.5. The number of hydrogen-bond acceptors (Lipinski definition) is 8. The Bertz CT molecular complexity index is 1660. The lowest BCUT2D eigenvalue weighted by Gasteiger charge is -2.34. The van der Waals surface area contributed by atoms with E-state index in [0.29, 0.717) is 44.7 Å². The maximum atomic E-state index is 13.8. The van der Waals surface area contributed by atoms with Crippen molar-refractivity contribution in [3.8, 4) is 12.1 Å². The first-order valence-corrected chi connectivity index (χ1v) is 12.7. The number of rotatable bonds is 8. The van der Waals surface area contributed by atoms with Gasteiger partial charge in [0.1, 0.15) is 25.8 Å². The molecule has 0 bridgehead atoms. The lowest BCUT2D eigenvalue weighted by atomic mass is 9.69. The average molecular weight is 528 g/mol. The Morgan fingerprint density at radius 2 is 1.80 bits per heavy atom. The summed E-state index contributed by atoms with van der Waals surface area (Å²) in [5.74, 6) is -0.387. The Morgan fingerprint density at radius 1 is 1.07 bits per heavy atom. The summed E-state index contributed by atoms with van der Waals surface area (Å²) >= 11 is 0. The number of anilines is 2. The van der Waals surface area contributed by atoms with Crippen LogP contribution in [0.4, 0.5) is 15.8 Å². The number of hydrogen-bond donors (Lipinski definition) is 4. The Kier molecular flexibility index (Phi) is 7.28. The van der Waals surface area contributed by atoms with Gasteiger partial charge in [0, 0.05) is 30.5 Å². The third-order valence-electron chi connectivity index (χ3n) is 6.90. The van der Waals surface area contributed by atoms with Crippen LogP contribution < -0.4 is 21.6 Å². The second-order valence-corrected chi connectivity index (χ2v) is 9.54. The molecule has 0 saturated carbocycles. The van der Waals surface area contributed by atoms with Crippen molar-refractivity contribution in [2.75, 3.05) is 17.7 Å². The number of benzene rings is 3. The van der Waals surface area contributed by atoms with Gasteiger partial charge < -0.3 is 16.1 Å². The maximum absolute atomic E-state index is 13.8. The van der Waals surface area contributed by atoms with Crippen molar-refractivity contribution in [2.24, 2.45) is 0 Å². The molecule has 4 aromatic rings. The molecule has 40 heavy (non-hydrogen) atoms. The van der Waals surface area contributed by atoms with E-state index in [9.17, 15) is 14.9 Å². The van der Waals surface area contributed by atoms with Gasteiger partial charge in [0.15, 0.2) is 0 Å². The van der Waals surface area contributed by atoms with E-state index in [1.54, 1.807) is 36.5 Å². The van der Waals surface area contributed by atoms with Gasteiger partial charge in [0.2, 0.25) is 0 Å². The third-order valence-corrected chi connectivity index (χ3v) is 6.90. The number of fused-ring (bicyclic) bond motifs is 1. The number of halogens is 1. The molecule has 0 saturated heterocycles. The molecule has 5 rings (SSSR count). The van der Waals surface area contributed by atoms with E-state index in [1.807, 2.05) is 36.4 Å². The van der Waals surface area contributed by atoms with Gasteiger partial charge in [-0.2, -0.15) is 10.5 Å². The Morgan fingerprint density at radius 3 is 2.42 bits per heavy atom. The van der Waals surface area contributed by atoms with Crippen molar-refractivity contribution in [3.63, 3.8) is 0 Å². The predicted molar refractivity (Wildman–Crippen MR) is 154 cm³/mol. The summed E-state index contributed by atoms with van der Waals surface area (Å²) in [6.07, 6.45) is 4.02. The van der Waals surface area contributed by atoms with Gasteiger partial charge in [-0.15, -0.1) is 5.53 Å². The SMILES string of the molecule is [B]C(Nc1cc(C#N)c2ncc(C#N)c(N[C@H](CC)c3ccccc3)c2c1)(C1=CN(C)NN1)c1ccc(F)cc1. The van der Waals surface area contributed by atoms with Gasteiger partial charge in [-0.05, 0) is 41.8 Å². The fourth-order valence-electron chi connectivity index (χ4n) is 4.82. The van der Waals surface area contributed by atoms with E-state index < -0.39 is 5.44 Å². The molecule has 4 N–H and O–H groups in total. The molecule has 0 amide bonds. The molecule has 8 nitrogen and oxygen atoms in total. The monoisotopic (exact) mass is 528 g/mol. The van der Waals surface area contributed by atoms with Gasteiger partial charge in [-0.3, -0.25) is 9.99 Å². The Balaban J connectivity index is 1.66. The second kappa shape index (κ2) is 11.0. The molecule has 2 atom stereocenters. The number of aromatic nitrogens is 1. The Labute approximate surface area is 233 Å². The number of nitrogens with zero attached hydrogens (tertiary/aromatic N) is 4. The highest BCUT2D eigenvalue weighted by Crippen LogP contribution is 2.37. The van der Waals surface area contributed by atoms with E-state index in [2.05, 4.69) is 45.6 Å². The molecule has 196 valence electrons. The van der Waals surface area contributed by atoms with Crippen LogP contribution in [0.2, 0.25) is 0 Å². The Hall–Kier alpha value is -5.06. The van der Waals surface area contributed by atoms with Crippen LogP contribution >= 0.6 is 0 Å². The van der Waals surface area contributed by atoms with Crippen LogP contribution in [-0.2, 0) is 5.44 Å². The quantitative estimate of drug-likeness (QED) is 0.239. The average Bonchev–Trinajstić information content (AvgIpc) is 3.43. The normalized spacial score (nSPS) is 14.8. The fraction of sp³-hybridized carbons (Fsp3) is 0.167. The summed E-state index contributed by atoms with van der Waals surface area (Å²) in [6, 6.07) is 23.7. The minimum absolute atomic E-state index is 0.0803. The van der Waals surface area contributed by atoms with E-state index in [0.717, 1.165) is 12.0 Å². The molecule has 0 spiro atoms. The highest BCUT2D eigenvalue weighted by atomic mass is 19.1. The summed E-state index contributed by atoms with van der Waals surface area (Å²) in [5.41, 5.74) is 9.10. The zero-order valence-corrected chi connectivity index (χ0v) is 22.0. The first-order chi connectivity index (χ1) is 19.4. The molecule has 0 aliphatic carbocycles. The molecule has 2 radical (unpaired) electrons. The van der Waals surface area contributed by atoms with Crippen molar-refractivity contribution in [3.05, 3.63) is 113 Å². The van der Waals surface area contributed by atoms with Crippen LogP contribution in [0.1, 0.15) is 41.6 Å². The fourth-order valence-corrected chi connectivity index (χ4v) is 4.82. The standard InChI is InChI=1S/C30H26BFN8/c1-3-26(19-7-5-4-6-8-19)36-29-21(16-34)17-35-28-20(15-33)13-24(14-25(28)29)37-30(31,27-18-40(2)39-38-27)22-9-11-23(32)12-10-22/h4-14,17-18,26,37-39H,3H2,1-2H3,(H,35,36)/t26-,30?/m1/s1. The second-order valence-electron chi connectivity index (χ2n) is 9.54. The third kappa shape index (κ3) is 5.01. The minimum atomic E-state index is -1.34. The van der Waals surface area contributed by atoms with Crippen molar-refractivity contribution < 1.29 is 4.39 Å². The number of nitrogens with one attached hydrogen (secondary N) is 4. The first-order valence-electron chi connectivity index (χ1n) is 12.7. The lowest BCUT2D eigenvalue weighted by Crippen LogP contribution is -2.45. The van der Waals surface area contributed by atoms with Gasteiger partial charge in [0.05, 0.1) is 39.5 Å². The van der Waals surface area contributed by atoms with Gasteiger partial charge in [-0.1, -0.05) is 49.4 Å². The molecular weight excluding hydrogens is 502 g/mol. The highest BCUT2D eigenvalue weighted by molar-refractivity contribution is 6.19. The van der Waals surface area contributed by atoms with E-state index in [1.165, 1.54) is 18.3 Å². The topological polar surface area (TPSA) is 112 Å². The van der Waals surface area contributed by atoms with Crippen molar-refractivity contribution in [1.29, 1.82) is 10.5 Å². The summed E-state index contributed by atoms with van der Waals surface area (Å²) < 4.78 is 13.8. The lowest BCUT2D eigenvalue weighted by molar-refractivity contribution is 0.325. The van der Waals surface area contributed by atoms with Crippen LogP contribution in [0, 0.1) is 28.5 Å². The molecule has 3 aromatic carbocycles. The van der Waals surface area contributed by atoms with Gasteiger partial charge in [0.25, 0.3) is 0 Å². The maximum Gasteiger partial charge on any atom is 0.123 e. The van der Waals surface area contributed by atoms with Crippen LogP contribution in [0.5, 0.6) is 0 Å². The van der Waals surface area contributed by atoms with Gasteiger partial charge in [-0.25, -0.2) is 4.39 Å². The van der Waals surface area contributed by atoms with E-state index in [-0.39, 0.29) is 11.9 Å². The summed E-state index contributed by atoms with van der Waals surface area (Å²) in [4.78, 5) is 4.46. The smallest absolute Gasteiger partial charge is 0.123 e. The molecule has 2 heterocycles. The van der Waals surface area contributed by atoms with Crippen LogP contribution in [0.3, 0.4) is 0 Å². The summed E-state index contributed by atoms with van der Waals surface area (Å²) in [7, 11) is 8.78. The van der Waals surface area contributed by atoms with E-state index in [4.69, 9.17) is 7.85 Å². The molecule has 10 heteroatoms. The zero-order valence-electron chi connectivity index (χ0n) is 22.0. The van der Waals surface area contributed by atoms with Gasteiger partial charge >= 0.3 is 0 Å². The predicted octanol–water partition coefficient (Wildman–Crippen LogP) is 4.91. The van der Waals surface area contributed by atoms with Crippen LogP contribution in [0.25, 0.3) is 10.9 Å². The molecule has 1 aliphatic heterocycles. The largest absolute Gasteiger partial charge is 0.378 e. The molecular formula is C30H26BFN8. The van der Waals surface area contributed by atoms with Crippen LogP contribution in [0.15, 0.2) is 84.8 Å². The molecule has 1 aliphatic rings. The number of pyridine rings is 1. The number of hydrazine groups is 2. The number of nitriles is 2. The van der Waals surface area contributed by atoms with Crippen molar-refractivity contribution >= 4 is 30.1 Å². The minimum Gasteiger partial charge on any atom is -0.378 e. The van der Waals surface area contributed by atoms with Crippen LogP contribution in [-0.4, -0.2) is 24.9 Å². The molecule has 0 fully saturated rings. The van der Waals surface area contributed by atoms with Crippen molar-refractivity contribution in [1.82, 2.24) is 21.0 Å². The summed E-state index contributed by atoms with van der Waals surface area (Å²) in [5, 5.41) is 29.2. The summed E-state index contributed by atoms with van der Waals surface area (Å²) in [6.45, 7) is 2.06. The zero-order chi connectivity index (χ0) is 28.3. The van der Waals surface area contributed by atoms with Crippen molar-refractivity contribution in [2.45, 2.75) is 24.8 Å².